The van der Waals surface area contributed by atoms with E-state index in [9.17, 15) is 30.3 Å². The molecule has 39 heavy (non-hydrogen) atoms. The van der Waals surface area contributed by atoms with Crippen LogP contribution in [-0.4, -0.2) is 30.4 Å². The number of benzene rings is 3. The fraction of sp³-hybridized carbons (Fsp3) is 0.0769. The number of nitro benzene ring substituents is 2. The number of ketones is 1. The van der Waals surface area contributed by atoms with Crippen molar-refractivity contribution in [1.29, 1.82) is 5.26 Å². The Bertz CT molecular complexity index is 1690. The van der Waals surface area contributed by atoms with Crippen LogP contribution in [0.2, 0.25) is 5.02 Å². The zero-order valence-corrected chi connectivity index (χ0v) is 21.7. The van der Waals surface area contributed by atoms with Crippen LogP contribution in [0, 0.1) is 31.6 Å². The molecule has 4 aromatic rings. The van der Waals surface area contributed by atoms with Gasteiger partial charge in [0.15, 0.2) is 11.0 Å². The maximum absolute atomic E-state index is 13.0. The Labute approximate surface area is 230 Å². The van der Waals surface area contributed by atoms with Crippen molar-refractivity contribution in [2.45, 2.75) is 23.5 Å². The number of nitro groups is 2. The van der Waals surface area contributed by atoms with Gasteiger partial charge in [-0.2, -0.15) is 5.26 Å². The molecule has 0 saturated heterocycles. The molecule has 0 amide bonds. The summed E-state index contributed by atoms with van der Waals surface area (Å²) >= 11 is 7.28. The molecule has 1 aromatic heterocycles. The fourth-order valence-corrected chi connectivity index (χ4v) is 4.83. The molecule has 3 aromatic carbocycles. The summed E-state index contributed by atoms with van der Waals surface area (Å²) < 4.78 is 1.84. The highest BCUT2D eigenvalue weighted by atomic mass is 35.5. The molecule has 0 bridgehead atoms. The number of carbonyl (C=O) groups is 1. The number of rotatable bonds is 9. The third-order valence-electron chi connectivity index (χ3n) is 5.51. The molecule has 11 nitrogen and oxygen atoms in total. The van der Waals surface area contributed by atoms with Crippen molar-refractivity contribution in [3.05, 3.63) is 109 Å². The Morgan fingerprint density at radius 3 is 2.44 bits per heavy atom. The summed E-state index contributed by atoms with van der Waals surface area (Å²) in [6, 6.07) is 18.0. The molecule has 0 aliphatic carbocycles. The van der Waals surface area contributed by atoms with Gasteiger partial charge in [0, 0.05) is 51.9 Å². The van der Waals surface area contributed by atoms with Crippen molar-refractivity contribution in [2.75, 3.05) is 0 Å². The minimum Gasteiger partial charge on any atom is -0.302 e. The van der Waals surface area contributed by atoms with Gasteiger partial charge < -0.3 is 4.57 Å². The van der Waals surface area contributed by atoms with Crippen LogP contribution in [0.1, 0.15) is 22.8 Å². The summed E-state index contributed by atoms with van der Waals surface area (Å²) in [5, 5.41) is 41.9. The molecule has 4 rings (SSSR count). The predicted octanol–water partition coefficient (Wildman–Crippen LogP) is 6.38. The number of hydrogen-bond donors (Lipinski definition) is 0. The van der Waals surface area contributed by atoms with Crippen LogP contribution >= 0.6 is 23.4 Å². The number of allylic oxidation sites excluding steroid dienone is 1. The highest BCUT2D eigenvalue weighted by Crippen LogP contribution is 2.35. The summed E-state index contributed by atoms with van der Waals surface area (Å²) in [6.45, 7) is 2.41. The molecule has 0 saturated carbocycles. The number of hydrogen-bond acceptors (Lipinski definition) is 9. The zero-order chi connectivity index (χ0) is 28.1. The van der Waals surface area contributed by atoms with Crippen molar-refractivity contribution in [2.24, 2.45) is 0 Å². The van der Waals surface area contributed by atoms with Gasteiger partial charge in [0.05, 0.1) is 9.85 Å². The van der Waals surface area contributed by atoms with E-state index < -0.39 is 15.6 Å². The van der Waals surface area contributed by atoms with E-state index in [1.807, 2.05) is 23.6 Å². The monoisotopic (exact) mass is 560 g/mol. The number of non-ortho nitro benzene ring substituents is 2. The molecule has 0 N–H and O–H groups in total. The number of nitrogens with zero attached hydrogens (tertiary/aromatic N) is 6. The first-order valence-electron chi connectivity index (χ1n) is 11.3. The number of aromatic nitrogens is 3. The molecule has 13 heteroatoms. The third-order valence-corrected chi connectivity index (χ3v) is 6.82. The van der Waals surface area contributed by atoms with Crippen molar-refractivity contribution in [1.82, 2.24) is 14.8 Å². The lowest BCUT2D eigenvalue weighted by atomic mass is 10.0. The minimum absolute atomic E-state index is 0.0616. The van der Waals surface area contributed by atoms with Crippen molar-refractivity contribution >= 4 is 46.6 Å². The highest BCUT2D eigenvalue weighted by molar-refractivity contribution is 7.99. The standard InChI is InChI=1S/C26H17ClN6O5S/c1-2-31-25(17-6-3-7-20(27)12-17)29-30-26(31)39-23-10-9-22(33(37)38)14-18(23)11-19(15-28)24(34)16-5-4-8-21(13-16)32(35)36/h3-14H,2H2,1H3/b19-11-. The summed E-state index contributed by atoms with van der Waals surface area (Å²) in [7, 11) is 0. The van der Waals surface area contributed by atoms with Gasteiger partial charge in [0.2, 0.25) is 5.78 Å². The average molecular weight is 561 g/mol. The lowest BCUT2D eigenvalue weighted by molar-refractivity contribution is -0.385. The molecule has 1 heterocycles. The van der Waals surface area contributed by atoms with E-state index in [1.54, 1.807) is 18.2 Å². The van der Waals surface area contributed by atoms with E-state index in [1.165, 1.54) is 42.5 Å². The average Bonchev–Trinajstić information content (AvgIpc) is 3.34. The lowest BCUT2D eigenvalue weighted by Gasteiger charge is -2.10. The van der Waals surface area contributed by atoms with Crippen LogP contribution in [0.5, 0.6) is 0 Å². The molecule has 0 aliphatic rings. The molecule has 194 valence electrons. The molecule has 0 fully saturated rings. The van der Waals surface area contributed by atoms with Gasteiger partial charge in [-0.1, -0.05) is 35.9 Å². The van der Waals surface area contributed by atoms with E-state index in [0.717, 1.165) is 23.4 Å². The van der Waals surface area contributed by atoms with Gasteiger partial charge in [0.1, 0.15) is 11.6 Å². The highest BCUT2D eigenvalue weighted by Gasteiger charge is 2.20. The van der Waals surface area contributed by atoms with Gasteiger partial charge in [-0.15, -0.1) is 10.2 Å². The Hall–Kier alpha value is -4.86. The second-order valence-corrected chi connectivity index (χ2v) is 9.39. The van der Waals surface area contributed by atoms with E-state index in [-0.39, 0.29) is 28.1 Å². The smallest absolute Gasteiger partial charge is 0.270 e. The van der Waals surface area contributed by atoms with Crippen LogP contribution in [0.25, 0.3) is 17.5 Å². The van der Waals surface area contributed by atoms with Crippen LogP contribution in [0.4, 0.5) is 11.4 Å². The van der Waals surface area contributed by atoms with E-state index >= 15 is 0 Å². The number of halogens is 1. The van der Waals surface area contributed by atoms with Crippen LogP contribution < -0.4 is 0 Å². The maximum atomic E-state index is 13.0. The molecule has 0 atom stereocenters. The topological polar surface area (TPSA) is 158 Å². The zero-order valence-electron chi connectivity index (χ0n) is 20.1. The summed E-state index contributed by atoms with van der Waals surface area (Å²) in [4.78, 5) is 34.9. The normalized spacial score (nSPS) is 11.2. The van der Waals surface area contributed by atoms with Gasteiger partial charge >= 0.3 is 0 Å². The van der Waals surface area contributed by atoms with Gasteiger partial charge in [-0.05, 0) is 48.5 Å². The Balaban J connectivity index is 1.77. The molecule has 0 radical (unpaired) electrons. The Kier molecular flexibility index (Phi) is 8.14. The lowest BCUT2D eigenvalue weighted by Crippen LogP contribution is -2.03. The summed E-state index contributed by atoms with van der Waals surface area (Å²) in [5.41, 5.74) is 0.00526. The second-order valence-electron chi connectivity index (χ2n) is 7.95. The molecular weight excluding hydrogens is 544 g/mol. The Morgan fingerprint density at radius 2 is 1.77 bits per heavy atom. The predicted molar refractivity (Wildman–Crippen MR) is 144 cm³/mol. The van der Waals surface area contributed by atoms with Crippen molar-refractivity contribution in [3.63, 3.8) is 0 Å². The number of Topliss-reactive ketones (excluding diaryl/α,β-unsaturated/α-hetero) is 1. The van der Waals surface area contributed by atoms with E-state index in [0.29, 0.717) is 27.4 Å². The number of carbonyl (C=O) groups excluding carboxylic acids is 1. The van der Waals surface area contributed by atoms with E-state index in [4.69, 9.17) is 11.6 Å². The third kappa shape index (κ3) is 6.01. The Morgan fingerprint density at radius 1 is 1.05 bits per heavy atom. The van der Waals surface area contributed by atoms with Gasteiger partial charge in [-0.3, -0.25) is 25.0 Å². The van der Waals surface area contributed by atoms with Crippen molar-refractivity contribution in [3.8, 4) is 17.5 Å². The van der Waals surface area contributed by atoms with Crippen LogP contribution in [0.15, 0.2) is 82.4 Å². The first-order chi connectivity index (χ1) is 18.7. The fourth-order valence-electron chi connectivity index (χ4n) is 3.66. The van der Waals surface area contributed by atoms with Crippen molar-refractivity contribution < 1.29 is 14.6 Å². The second kappa shape index (κ2) is 11.7. The SMILES string of the molecule is CCn1c(Sc2ccc([N+](=O)[O-])cc2/C=C(/C#N)C(=O)c2cccc([N+](=O)[O-])c2)nnc1-c1cccc(Cl)c1. The quantitative estimate of drug-likeness (QED) is 0.0744. The first kappa shape index (κ1) is 27.2. The molecule has 0 spiro atoms. The van der Waals surface area contributed by atoms with Gasteiger partial charge in [-0.25, -0.2) is 0 Å². The van der Waals surface area contributed by atoms with Crippen LogP contribution in [-0.2, 0) is 6.54 Å². The maximum Gasteiger partial charge on any atom is 0.270 e. The largest absolute Gasteiger partial charge is 0.302 e. The molecule has 0 aliphatic heterocycles. The first-order valence-corrected chi connectivity index (χ1v) is 12.5. The molecule has 0 unspecified atom stereocenters. The van der Waals surface area contributed by atoms with E-state index in [2.05, 4.69) is 10.2 Å². The van der Waals surface area contributed by atoms with Gasteiger partial charge in [0.25, 0.3) is 11.4 Å². The van der Waals surface area contributed by atoms with Crippen LogP contribution in [0.3, 0.4) is 0 Å². The molecular formula is C26H17ClN6O5S. The summed E-state index contributed by atoms with van der Waals surface area (Å²) in [5.74, 6) is -0.191. The minimum atomic E-state index is -0.761. The number of nitriles is 1. The summed E-state index contributed by atoms with van der Waals surface area (Å²) in [6.07, 6.45) is 1.22.